The second-order valence-corrected chi connectivity index (χ2v) is 19.5. The van der Waals surface area contributed by atoms with Gasteiger partial charge in [-0.3, -0.25) is 9.59 Å². The highest BCUT2D eigenvalue weighted by molar-refractivity contribution is 5.70. The Kier molecular flexibility index (Phi) is 57.4. The first-order valence-corrected chi connectivity index (χ1v) is 29.8. The molecule has 0 rings (SSSR count). The summed E-state index contributed by atoms with van der Waals surface area (Å²) in [6.07, 6.45) is 81.4. The van der Waals surface area contributed by atoms with Crippen LogP contribution in [0.3, 0.4) is 0 Å². The molecule has 0 N–H and O–H groups in total. The van der Waals surface area contributed by atoms with Gasteiger partial charge in [-0.05, 0) is 122 Å². The highest BCUT2D eigenvalue weighted by Gasteiger charge is 2.17. The van der Waals surface area contributed by atoms with Crippen LogP contribution in [0, 0.1) is 0 Å². The summed E-state index contributed by atoms with van der Waals surface area (Å²) in [5.74, 6) is -0.429. The molecule has 1 atom stereocenters. The maximum Gasteiger partial charge on any atom is 0.306 e. The summed E-state index contributed by atoms with van der Waals surface area (Å²) in [6.45, 7) is 7.64. The Bertz CT molecular complexity index is 1330. The van der Waals surface area contributed by atoms with Crippen LogP contribution in [0.5, 0.6) is 0 Å². The quantitative estimate of drug-likeness (QED) is 0.0345. The van der Waals surface area contributed by atoms with Gasteiger partial charge < -0.3 is 14.2 Å². The number of hydrogen-bond donors (Lipinski definition) is 0. The molecule has 0 bridgehead atoms. The van der Waals surface area contributed by atoms with E-state index in [1.165, 1.54) is 141 Å². The number of hydrogen-bond acceptors (Lipinski definition) is 5. The van der Waals surface area contributed by atoms with E-state index < -0.39 is 6.10 Å². The first kappa shape index (κ1) is 66.8. The second-order valence-electron chi connectivity index (χ2n) is 19.5. The number of carbonyl (C=O) groups excluding carboxylic acids is 2. The zero-order valence-electron chi connectivity index (χ0n) is 46.3. The predicted molar refractivity (Wildman–Crippen MR) is 306 cm³/mol. The molecular formula is C65H112O5. The van der Waals surface area contributed by atoms with E-state index in [-0.39, 0.29) is 25.2 Å². The SMILES string of the molecule is CC/C=C\C/C=C\C/C=C\C/C=C\CCCCCCC(=O)OC(COCCCCCCCCCC/C=C\C/C=C\CCCCC)COC(=O)CCCCCCCCCCC/C=C\C/C=C\CCCCC. The smallest absolute Gasteiger partial charge is 0.306 e. The van der Waals surface area contributed by atoms with E-state index in [1.54, 1.807) is 0 Å². The Labute approximate surface area is 434 Å². The van der Waals surface area contributed by atoms with Crippen molar-refractivity contribution in [2.45, 2.75) is 284 Å². The van der Waals surface area contributed by atoms with Crippen molar-refractivity contribution in [2.75, 3.05) is 19.8 Å². The largest absolute Gasteiger partial charge is 0.462 e. The summed E-state index contributed by atoms with van der Waals surface area (Å²) in [6, 6.07) is 0. The molecule has 0 saturated heterocycles. The van der Waals surface area contributed by atoms with Crippen LogP contribution in [0.1, 0.15) is 278 Å². The van der Waals surface area contributed by atoms with E-state index in [0.717, 1.165) is 103 Å². The maximum atomic E-state index is 12.9. The van der Waals surface area contributed by atoms with E-state index >= 15 is 0 Å². The number of ether oxygens (including phenoxy) is 3. The molecule has 0 aromatic heterocycles. The van der Waals surface area contributed by atoms with Crippen molar-refractivity contribution in [1.82, 2.24) is 0 Å². The minimum Gasteiger partial charge on any atom is -0.462 e. The van der Waals surface area contributed by atoms with Gasteiger partial charge in [-0.25, -0.2) is 0 Å². The zero-order chi connectivity index (χ0) is 50.6. The third kappa shape index (κ3) is 57.4. The van der Waals surface area contributed by atoms with Gasteiger partial charge >= 0.3 is 11.9 Å². The summed E-state index contributed by atoms with van der Waals surface area (Å²) >= 11 is 0. The van der Waals surface area contributed by atoms with Crippen LogP contribution in [0.4, 0.5) is 0 Å². The molecule has 1 unspecified atom stereocenters. The van der Waals surface area contributed by atoms with Crippen LogP contribution in [0.2, 0.25) is 0 Å². The van der Waals surface area contributed by atoms with Gasteiger partial charge in [-0.2, -0.15) is 0 Å². The molecule has 0 aromatic rings. The molecule has 0 fully saturated rings. The molecule has 0 amide bonds. The van der Waals surface area contributed by atoms with Crippen LogP contribution in [-0.4, -0.2) is 37.9 Å². The van der Waals surface area contributed by atoms with Gasteiger partial charge in [0.15, 0.2) is 6.10 Å². The first-order chi connectivity index (χ1) is 34.6. The average Bonchev–Trinajstić information content (AvgIpc) is 3.36. The van der Waals surface area contributed by atoms with Crippen LogP contribution in [0.15, 0.2) is 97.2 Å². The van der Waals surface area contributed by atoms with E-state index in [0.29, 0.717) is 19.4 Å². The number of unbranched alkanes of at least 4 members (excludes halogenated alkanes) is 27. The van der Waals surface area contributed by atoms with Crippen molar-refractivity contribution >= 4 is 11.9 Å². The Morgan fingerprint density at radius 1 is 0.329 bits per heavy atom. The van der Waals surface area contributed by atoms with E-state index in [1.807, 2.05) is 0 Å². The minimum absolute atomic E-state index is 0.0668. The molecule has 0 aromatic carbocycles. The van der Waals surface area contributed by atoms with Crippen LogP contribution >= 0.6 is 0 Å². The third-order valence-corrected chi connectivity index (χ3v) is 12.6. The van der Waals surface area contributed by atoms with Gasteiger partial charge in [0, 0.05) is 19.4 Å². The summed E-state index contributed by atoms with van der Waals surface area (Å²) in [7, 11) is 0. The van der Waals surface area contributed by atoms with Gasteiger partial charge in [-0.15, -0.1) is 0 Å². The van der Waals surface area contributed by atoms with Crippen LogP contribution in [-0.2, 0) is 23.8 Å². The fourth-order valence-electron chi connectivity index (χ4n) is 8.15. The van der Waals surface area contributed by atoms with Gasteiger partial charge in [0.1, 0.15) is 6.61 Å². The van der Waals surface area contributed by atoms with E-state index in [2.05, 4.69) is 118 Å². The molecule has 402 valence electrons. The molecule has 0 saturated carbocycles. The number of rotatable bonds is 54. The average molecular weight is 974 g/mol. The maximum absolute atomic E-state index is 12.9. The van der Waals surface area contributed by atoms with Gasteiger partial charge in [0.05, 0.1) is 6.61 Å². The molecule has 0 aliphatic carbocycles. The summed E-state index contributed by atoms with van der Waals surface area (Å²) in [4.78, 5) is 25.6. The Balaban J connectivity index is 4.34. The molecule has 0 spiro atoms. The molecule has 5 nitrogen and oxygen atoms in total. The minimum atomic E-state index is -0.560. The molecule has 70 heavy (non-hydrogen) atoms. The van der Waals surface area contributed by atoms with Crippen molar-refractivity contribution < 1.29 is 23.8 Å². The number of esters is 2. The normalized spacial score (nSPS) is 12.9. The number of carbonyl (C=O) groups is 2. The van der Waals surface area contributed by atoms with Crippen molar-refractivity contribution in [2.24, 2.45) is 0 Å². The summed E-state index contributed by atoms with van der Waals surface area (Å²) in [5.41, 5.74) is 0. The Morgan fingerprint density at radius 2 is 0.643 bits per heavy atom. The zero-order valence-corrected chi connectivity index (χ0v) is 46.3. The summed E-state index contributed by atoms with van der Waals surface area (Å²) in [5, 5.41) is 0. The van der Waals surface area contributed by atoms with Gasteiger partial charge in [-0.1, -0.05) is 240 Å². The topological polar surface area (TPSA) is 61.8 Å². The number of allylic oxidation sites excluding steroid dienone is 16. The summed E-state index contributed by atoms with van der Waals surface area (Å²) < 4.78 is 17.5. The van der Waals surface area contributed by atoms with Crippen LogP contribution < -0.4 is 0 Å². The van der Waals surface area contributed by atoms with Crippen molar-refractivity contribution in [3.05, 3.63) is 97.2 Å². The molecular weight excluding hydrogens is 861 g/mol. The Morgan fingerprint density at radius 3 is 1.03 bits per heavy atom. The molecule has 0 aliphatic heterocycles. The predicted octanol–water partition coefficient (Wildman–Crippen LogP) is 20.6. The van der Waals surface area contributed by atoms with E-state index in [9.17, 15) is 9.59 Å². The van der Waals surface area contributed by atoms with Crippen LogP contribution in [0.25, 0.3) is 0 Å². The van der Waals surface area contributed by atoms with Crippen molar-refractivity contribution in [1.29, 1.82) is 0 Å². The lowest BCUT2D eigenvalue weighted by Crippen LogP contribution is -2.30. The lowest BCUT2D eigenvalue weighted by atomic mass is 10.1. The standard InChI is InChI=1S/C65H112O5/c1-4-7-10-13-16-19-22-25-28-31-33-35-37-40-43-46-49-52-55-58-64(66)69-62-63(61-68-60-57-54-51-48-45-42-39-36-32-29-26-23-20-17-14-11-8-5-2)70-65(67)59-56-53-50-47-44-41-38-34-30-27-24-21-18-15-12-9-6-3/h9,12,16-21,25-30,38,41,63H,4-8,10-11,13-15,22-24,31-37,39-40,42-62H2,1-3H3/b12-9-,19-16-,20-17-,21-18-,28-25-,29-26-,30-27-,41-38-. The van der Waals surface area contributed by atoms with Gasteiger partial charge in [0.2, 0.25) is 0 Å². The third-order valence-electron chi connectivity index (χ3n) is 12.6. The molecule has 0 aliphatic rings. The first-order valence-electron chi connectivity index (χ1n) is 29.8. The van der Waals surface area contributed by atoms with Gasteiger partial charge in [0.25, 0.3) is 0 Å². The lowest BCUT2D eigenvalue weighted by molar-refractivity contribution is -0.163. The van der Waals surface area contributed by atoms with E-state index in [4.69, 9.17) is 14.2 Å². The Hall–Kier alpha value is -3.18. The monoisotopic (exact) mass is 973 g/mol. The highest BCUT2D eigenvalue weighted by Crippen LogP contribution is 2.15. The molecule has 0 heterocycles. The lowest BCUT2D eigenvalue weighted by Gasteiger charge is -2.18. The molecule has 0 radical (unpaired) electrons. The fourth-order valence-corrected chi connectivity index (χ4v) is 8.15. The second kappa shape index (κ2) is 60.1. The van der Waals surface area contributed by atoms with Crippen molar-refractivity contribution in [3.63, 3.8) is 0 Å². The fraction of sp³-hybridized carbons (Fsp3) is 0.723. The van der Waals surface area contributed by atoms with Crippen molar-refractivity contribution in [3.8, 4) is 0 Å². The highest BCUT2D eigenvalue weighted by atomic mass is 16.6. The molecule has 5 heteroatoms.